The quantitative estimate of drug-likeness (QED) is 0.777. The Bertz CT molecular complexity index is 521. The van der Waals surface area contributed by atoms with Crippen molar-refractivity contribution >= 4 is 0 Å². The summed E-state index contributed by atoms with van der Waals surface area (Å²) in [6, 6.07) is 5.49. The van der Waals surface area contributed by atoms with E-state index in [1.54, 1.807) is 18.3 Å². The SMILES string of the molecule is Cc1ccc(O)c(CNCCc2ccnn2C)n1. The lowest BCUT2D eigenvalue weighted by Crippen LogP contribution is -2.18. The first-order chi connectivity index (χ1) is 8.66. The topological polar surface area (TPSA) is 63.0 Å². The molecule has 5 heteroatoms. The highest BCUT2D eigenvalue weighted by Crippen LogP contribution is 2.13. The number of hydrogen-bond donors (Lipinski definition) is 2. The Morgan fingerprint density at radius 3 is 2.89 bits per heavy atom. The Kier molecular flexibility index (Phi) is 3.94. The summed E-state index contributed by atoms with van der Waals surface area (Å²) in [5.74, 6) is 0.244. The van der Waals surface area contributed by atoms with Crippen molar-refractivity contribution in [1.82, 2.24) is 20.1 Å². The van der Waals surface area contributed by atoms with Gasteiger partial charge in [0, 0.05) is 44.1 Å². The van der Waals surface area contributed by atoms with Crippen LogP contribution < -0.4 is 5.32 Å². The van der Waals surface area contributed by atoms with Gasteiger partial charge < -0.3 is 10.4 Å². The number of aryl methyl sites for hydroxylation is 2. The first kappa shape index (κ1) is 12.6. The summed E-state index contributed by atoms with van der Waals surface area (Å²) in [6.07, 6.45) is 2.70. The second-order valence-electron chi connectivity index (χ2n) is 4.29. The lowest BCUT2D eigenvalue weighted by Gasteiger charge is -2.07. The van der Waals surface area contributed by atoms with E-state index in [4.69, 9.17) is 0 Å². The molecule has 0 aliphatic rings. The number of nitrogens with one attached hydrogen (secondary N) is 1. The van der Waals surface area contributed by atoms with Gasteiger partial charge in [0.2, 0.25) is 0 Å². The van der Waals surface area contributed by atoms with Crippen LogP contribution in [0.2, 0.25) is 0 Å². The van der Waals surface area contributed by atoms with Gasteiger partial charge in [-0.25, -0.2) is 0 Å². The maximum absolute atomic E-state index is 9.65. The third-order valence-electron chi connectivity index (χ3n) is 2.86. The predicted octanol–water partition coefficient (Wildman–Crippen LogP) is 1.16. The summed E-state index contributed by atoms with van der Waals surface area (Å²) < 4.78 is 1.87. The molecular formula is C13H18N4O. The van der Waals surface area contributed by atoms with Crippen molar-refractivity contribution in [2.75, 3.05) is 6.54 Å². The van der Waals surface area contributed by atoms with Gasteiger partial charge in [-0.05, 0) is 25.1 Å². The van der Waals surface area contributed by atoms with Gasteiger partial charge >= 0.3 is 0 Å². The van der Waals surface area contributed by atoms with E-state index in [9.17, 15) is 5.11 Å². The van der Waals surface area contributed by atoms with Gasteiger partial charge in [-0.2, -0.15) is 5.10 Å². The van der Waals surface area contributed by atoms with Crippen LogP contribution in [0.1, 0.15) is 17.1 Å². The van der Waals surface area contributed by atoms with E-state index < -0.39 is 0 Å². The van der Waals surface area contributed by atoms with Crippen molar-refractivity contribution in [3.8, 4) is 5.75 Å². The summed E-state index contributed by atoms with van der Waals surface area (Å²) in [4.78, 5) is 4.29. The molecule has 0 radical (unpaired) electrons. The fraction of sp³-hybridized carbons (Fsp3) is 0.385. The average molecular weight is 246 g/mol. The fourth-order valence-corrected chi connectivity index (χ4v) is 1.80. The van der Waals surface area contributed by atoms with Crippen molar-refractivity contribution in [3.63, 3.8) is 0 Å². The number of rotatable bonds is 5. The Balaban J connectivity index is 1.82. The van der Waals surface area contributed by atoms with E-state index in [2.05, 4.69) is 15.4 Å². The van der Waals surface area contributed by atoms with Gasteiger partial charge in [-0.1, -0.05) is 0 Å². The van der Waals surface area contributed by atoms with Crippen LogP contribution in [0.4, 0.5) is 0 Å². The van der Waals surface area contributed by atoms with E-state index in [0.717, 1.165) is 18.7 Å². The molecule has 0 fully saturated rings. The van der Waals surface area contributed by atoms with Gasteiger partial charge in [0.15, 0.2) is 0 Å². The Morgan fingerprint density at radius 2 is 2.17 bits per heavy atom. The predicted molar refractivity (Wildman–Crippen MR) is 69.3 cm³/mol. The summed E-state index contributed by atoms with van der Waals surface area (Å²) in [5.41, 5.74) is 2.79. The molecule has 2 heterocycles. The standard InChI is InChI=1S/C13H18N4O/c1-10-3-4-13(18)12(16-10)9-14-7-5-11-6-8-15-17(11)2/h3-4,6,8,14,18H,5,7,9H2,1-2H3. The first-order valence-corrected chi connectivity index (χ1v) is 6.00. The highest BCUT2D eigenvalue weighted by molar-refractivity contribution is 5.27. The molecule has 0 bridgehead atoms. The molecule has 0 saturated carbocycles. The third-order valence-corrected chi connectivity index (χ3v) is 2.86. The largest absolute Gasteiger partial charge is 0.506 e. The van der Waals surface area contributed by atoms with Crippen LogP contribution >= 0.6 is 0 Å². The first-order valence-electron chi connectivity index (χ1n) is 6.00. The number of aromatic nitrogens is 3. The summed E-state index contributed by atoms with van der Waals surface area (Å²) in [5, 5.41) is 17.0. The van der Waals surface area contributed by atoms with Crippen LogP contribution in [0.15, 0.2) is 24.4 Å². The highest BCUT2D eigenvalue weighted by atomic mass is 16.3. The molecule has 0 aliphatic heterocycles. The molecule has 2 aromatic rings. The van der Waals surface area contributed by atoms with Crippen LogP contribution in [0.5, 0.6) is 5.75 Å². The van der Waals surface area contributed by atoms with Crippen molar-refractivity contribution in [2.24, 2.45) is 7.05 Å². The van der Waals surface area contributed by atoms with E-state index in [0.29, 0.717) is 12.2 Å². The van der Waals surface area contributed by atoms with E-state index in [1.807, 2.05) is 24.7 Å². The number of hydrogen-bond acceptors (Lipinski definition) is 4. The minimum atomic E-state index is 0.244. The summed E-state index contributed by atoms with van der Waals surface area (Å²) >= 11 is 0. The molecule has 0 aliphatic carbocycles. The smallest absolute Gasteiger partial charge is 0.138 e. The van der Waals surface area contributed by atoms with Gasteiger partial charge in [-0.15, -0.1) is 0 Å². The Hall–Kier alpha value is -1.88. The average Bonchev–Trinajstić information content (AvgIpc) is 2.75. The van der Waals surface area contributed by atoms with Crippen LogP contribution in [-0.4, -0.2) is 26.4 Å². The molecule has 0 atom stereocenters. The molecule has 18 heavy (non-hydrogen) atoms. The minimum absolute atomic E-state index is 0.244. The second-order valence-corrected chi connectivity index (χ2v) is 4.29. The van der Waals surface area contributed by atoms with E-state index in [-0.39, 0.29) is 5.75 Å². The van der Waals surface area contributed by atoms with Crippen LogP contribution in [-0.2, 0) is 20.0 Å². The van der Waals surface area contributed by atoms with Gasteiger partial charge in [0.25, 0.3) is 0 Å². The molecule has 2 rings (SSSR count). The zero-order valence-electron chi connectivity index (χ0n) is 10.7. The molecule has 0 unspecified atom stereocenters. The Labute approximate surface area is 106 Å². The molecule has 0 aromatic carbocycles. The van der Waals surface area contributed by atoms with E-state index in [1.165, 1.54) is 5.69 Å². The molecule has 0 spiro atoms. The lowest BCUT2D eigenvalue weighted by molar-refractivity contribution is 0.459. The van der Waals surface area contributed by atoms with Crippen molar-refractivity contribution < 1.29 is 5.11 Å². The number of nitrogens with zero attached hydrogens (tertiary/aromatic N) is 3. The second kappa shape index (κ2) is 5.64. The van der Waals surface area contributed by atoms with Crippen LogP contribution in [0.25, 0.3) is 0 Å². The van der Waals surface area contributed by atoms with Gasteiger partial charge in [0.1, 0.15) is 5.75 Å². The minimum Gasteiger partial charge on any atom is -0.506 e. The number of pyridine rings is 1. The third kappa shape index (κ3) is 3.07. The van der Waals surface area contributed by atoms with Crippen LogP contribution in [0, 0.1) is 6.92 Å². The highest BCUT2D eigenvalue weighted by Gasteiger charge is 2.03. The van der Waals surface area contributed by atoms with E-state index >= 15 is 0 Å². The summed E-state index contributed by atoms with van der Waals surface area (Å²) in [6.45, 7) is 3.32. The molecule has 5 nitrogen and oxygen atoms in total. The maximum Gasteiger partial charge on any atom is 0.138 e. The van der Waals surface area contributed by atoms with Gasteiger partial charge in [-0.3, -0.25) is 9.67 Å². The van der Waals surface area contributed by atoms with Crippen molar-refractivity contribution in [2.45, 2.75) is 19.9 Å². The monoisotopic (exact) mass is 246 g/mol. The molecule has 0 saturated heterocycles. The van der Waals surface area contributed by atoms with Crippen molar-refractivity contribution in [3.05, 3.63) is 41.5 Å². The Morgan fingerprint density at radius 1 is 1.33 bits per heavy atom. The molecule has 0 amide bonds. The summed E-state index contributed by atoms with van der Waals surface area (Å²) in [7, 11) is 1.93. The van der Waals surface area contributed by atoms with Gasteiger partial charge in [0.05, 0.1) is 5.69 Å². The maximum atomic E-state index is 9.65. The molecular weight excluding hydrogens is 228 g/mol. The fourth-order valence-electron chi connectivity index (χ4n) is 1.80. The number of aromatic hydroxyl groups is 1. The van der Waals surface area contributed by atoms with Crippen molar-refractivity contribution in [1.29, 1.82) is 0 Å². The zero-order chi connectivity index (χ0) is 13.0. The molecule has 2 N–H and O–H groups in total. The normalized spacial score (nSPS) is 10.8. The molecule has 96 valence electrons. The molecule has 2 aromatic heterocycles. The van der Waals surface area contributed by atoms with Crippen LogP contribution in [0.3, 0.4) is 0 Å². The zero-order valence-corrected chi connectivity index (χ0v) is 10.7. The lowest BCUT2D eigenvalue weighted by atomic mass is 10.2.